The van der Waals surface area contributed by atoms with Crippen molar-refractivity contribution in [3.05, 3.63) is 52.5 Å². The molecule has 0 N–H and O–H groups in total. The lowest BCUT2D eigenvalue weighted by Crippen LogP contribution is -1.87. The molecule has 0 aliphatic carbocycles. The van der Waals surface area contributed by atoms with Gasteiger partial charge in [0, 0.05) is 10.8 Å². The number of unbranched alkanes of at least 4 members (excludes halogenated alkanes) is 2. The first-order valence-electron chi connectivity index (χ1n) is 7.24. The summed E-state index contributed by atoms with van der Waals surface area (Å²) in [5, 5.41) is 2.09. The quantitative estimate of drug-likeness (QED) is 0.328. The summed E-state index contributed by atoms with van der Waals surface area (Å²) in [7, 11) is 0. The lowest BCUT2D eigenvalue weighted by molar-refractivity contribution is 0.659. The normalized spacial score (nSPS) is 11.2. The van der Waals surface area contributed by atoms with Crippen LogP contribution in [0, 0.1) is 4.51 Å². The molecule has 20 heavy (non-hydrogen) atoms. The number of fused-ring (bicyclic) bond motifs is 2. The molecule has 0 saturated carbocycles. The van der Waals surface area contributed by atoms with Crippen LogP contribution in [0.3, 0.4) is 0 Å². The highest BCUT2D eigenvalue weighted by Gasteiger charge is 2.05. The third-order valence-electron chi connectivity index (χ3n) is 3.71. The second kappa shape index (κ2) is 5.76. The monoisotopic (exact) mass is 282 g/mol. The van der Waals surface area contributed by atoms with E-state index in [2.05, 4.69) is 25.1 Å². The second-order valence-corrected chi connectivity index (χ2v) is 5.62. The average molecular weight is 282 g/mol. The highest BCUT2D eigenvalue weighted by Crippen LogP contribution is 2.26. The van der Waals surface area contributed by atoms with E-state index in [1.807, 2.05) is 24.3 Å². The molecular formula is C18H18OS. The Kier molecular flexibility index (Phi) is 3.83. The van der Waals surface area contributed by atoms with Crippen LogP contribution < -0.4 is 0 Å². The summed E-state index contributed by atoms with van der Waals surface area (Å²) >= 11 is 5.63. The van der Waals surface area contributed by atoms with Gasteiger partial charge in [-0.05, 0) is 42.7 Å². The Morgan fingerprint density at radius 2 is 1.75 bits per heavy atom. The minimum Gasteiger partial charge on any atom is -0.456 e. The summed E-state index contributed by atoms with van der Waals surface area (Å²) in [4.78, 5) is 0. The fraction of sp³-hybridized carbons (Fsp3) is 0.278. The number of rotatable bonds is 4. The van der Waals surface area contributed by atoms with E-state index >= 15 is 0 Å². The minimum absolute atomic E-state index is 0.865. The van der Waals surface area contributed by atoms with Crippen LogP contribution >= 0.6 is 12.2 Å². The Morgan fingerprint density at radius 3 is 2.60 bits per heavy atom. The van der Waals surface area contributed by atoms with Gasteiger partial charge in [0.05, 0.1) is 4.51 Å². The van der Waals surface area contributed by atoms with Gasteiger partial charge in [0.25, 0.3) is 0 Å². The van der Waals surface area contributed by atoms with E-state index in [1.165, 1.54) is 24.8 Å². The largest absolute Gasteiger partial charge is 0.456 e. The predicted octanol–water partition coefficient (Wildman–Crippen LogP) is 6.05. The standard InChI is InChI=1S/C18H18OS/c1-2-3-4-7-13-10-11-17-15(12-13)18(20)14-8-5-6-9-16(14)19-17/h5-6,8-12H,2-4,7H2,1H3. The molecule has 0 atom stereocenters. The van der Waals surface area contributed by atoms with Gasteiger partial charge in [0.1, 0.15) is 11.2 Å². The summed E-state index contributed by atoms with van der Waals surface area (Å²) in [5.74, 6) is 0. The molecular weight excluding hydrogens is 264 g/mol. The van der Waals surface area contributed by atoms with E-state index in [1.54, 1.807) is 0 Å². The number of benzene rings is 2. The van der Waals surface area contributed by atoms with Gasteiger partial charge in [0.15, 0.2) is 0 Å². The lowest BCUT2D eigenvalue weighted by Gasteiger charge is -2.05. The Hall–Kier alpha value is -1.67. The van der Waals surface area contributed by atoms with Gasteiger partial charge in [0.2, 0.25) is 0 Å². The van der Waals surface area contributed by atoms with Gasteiger partial charge in [-0.25, -0.2) is 0 Å². The van der Waals surface area contributed by atoms with Crippen LogP contribution in [-0.4, -0.2) is 0 Å². The number of hydrogen-bond acceptors (Lipinski definition) is 2. The fourth-order valence-corrected chi connectivity index (χ4v) is 2.91. The summed E-state index contributed by atoms with van der Waals surface area (Å²) in [6.45, 7) is 2.23. The van der Waals surface area contributed by atoms with Crippen LogP contribution in [0.4, 0.5) is 0 Å². The van der Waals surface area contributed by atoms with Crippen molar-refractivity contribution in [2.75, 3.05) is 0 Å². The Morgan fingerprint density at radius 1 is 0.950 bits per heavy atom. The number of hydrogen-bond donors (Lipinski definition) is 0. The molecule has 102 valence electrons. The zero-order valence-electron chi connectivity index (χ0n) is 11.7. The van der Waals surface area contributed by atoms with Crippen molar-refractivity contribution < 1.29 is 4.42 Å². The molecule has 0 fully saturated rings. The first-order valence-corrected chi connectivity index (χ1v) is 7.65. The van der Waals surface area contributed by atoms with Crippen molar-refractivity contribution in [3.8, 4) is 0 Å². The van der Waals surface area contributed by atoms with E-state index < -0.39 is 0 Å². The first kappa shape index (κ1) is 13.3. The van der Waals surface area contributed by atoms with Crippen molar-refractivity contribution in [1.29, 1.82) is 0 Å². The molecule has 3 rings (SSSR count). The van der Waals surface area contributed by atoms with Crippen LogP contribution in [0.25, 0.3) is 21.9 Å². The van der Waals surface area contributed by atoms with Crippen molar-refractivity contribution in [2.45, 2.75) is 32.6 Å². The van der Waals surface area contributed by atoms with Crippen LogP contribution in [0.1, 0.15) is 31.7 Å². The molecule has 2 heteroatoms. The molecule has 0 unspecified atom stereocenters. The van der Waals surface area contributed by atoms with Crippen molar-refractivity contribution in [3.63, 3.8) is 0 Å². The molecule has 0 bridgehead atoms. The van der Waals surface area contributed by atoms with E-state index in [0.29, 0.717) is 0 Å². The molecule has 0 saturated heterocycles. The fourth-order valence-electron chi connectivity index (χ4n) is 2.58. The number of para-hydroxylation sites is 1. The maximum atomic E-state index is 5.94. The summed E-state index contributed by atoms with van der Waals surface area (Å²) in [6, 6.07) is 14.4. The first-order chi connectivity index (χ1) is 9.79. The van der Waals surface area contributed by atoms with Crippen LogP contribution in [-0.2, 0) is 6.42 Å². The van der Waals surface area contributed by atoms with Crippen LogP contribution in [0.2, 0.25) is 0 Å². The van der Waals surface area contributed by atoms with Crippen molar-refractivity contribution >= 4 is 34.2 Å². The Bertz CT molecular complexity index is 801. The molecule has 3 aromatic rings. The molecule has 0 aliphatic rings. The van der Waals surface area contributed by atoms with Gasteiger partial charge in [-0.15, -0.1) is 0 Å². The van der Waals surface area contributed by atoms with E-state index in [0.717, 1.165) is 32.9 Å². The highest BCUT2D eigenvalue weighted by molar-refractivity contribution is 7.72. The van der Waals surface area contributed by atoms with Crippen LogP contribution in [0.5, 0.6) is 0 Å². The van der Waals surface area contributed by atoms with Gasteiger partial charge in [-0.1, -0.05) is 50.2 Å². The lowest BCUT2D eigenvalue weighted by atomic mass is 10.0. The van der Waals surface area contributed by atoms with E-state index in [-0.39, 0.29) is 0 Å². The zero-order valence-corrected chi connectivity index (χ0v) is 12.5. The Labute approximate surface area is 124 Å². The third-order valence-corrected chi connectivity index (χ3v) is 4.15. The van der Waals surface area contributed by atoms with Crippen molar-refractivity contribution in [2.24, 2.45) is 0 Å². The summed E-state index contributed by atoms with van der Waals surface area (Å²) in [6.07, 6.45) is 4.88. The van der Waals surface area contributed by atoms with Gasteiger partial charge < -0.3 is 4.42 Å². The molecule has 1 nitrogen and oxygen atoms in total. The van der Waals surface area contributed by atoms with Crippen molar-refractivity contribution in [1.82, 2.24) is 0 Å². The molecule has 2 aromatic carbocycles. The molecule has 0 spiro atoms. The summed E-state index contributed by atoms with van der Waals surface area (Å²) in [5.41, 5.74) is 3.10. The maximum absolute atomic E-state index is 5.94. The topological polar surface area (TPSA) is 13.1 Å². The molecule has 0 radical (unpaired) electrons. The third kappa shape index (κ3) is 2.48. The SMILES string of the molecule is CCCCCc1ccc2oc3ccccc3c(=S)c2c1. The second-order valence-electron chi connectivity index (χ2n) is 5.21. The smallest absolute Gasteiger partial charge is 0.136 e. The summed E-state index contributed by atoms with van der Waals surface area (Å²) < 4.78 is 6.84. The molecule has 1 heterocycles. The average Bonchev–Trinajstić information content (AvgIpc) is 2.48. The van der Waals surface area contributed by atoms with Crippen LogP contribution in [0.15, 0.2) is 46.9 Å². The van der Waals surface area contributed by atoms with E-state index in [4.69, 9.17) is 16.6 Å². The maximum Gasteiger partial charge on any atom is 0.136 e. The molecule has 0 aliphatic heterocycles. The zero-order chi connectivity index (χ0) is 13.9. The predicted molar refractivity (Wildman–Crippen MR) is 87.8 cm³/mol. The van der Waals surface area contributed by atoms with Gasteiger partial charge in [-0.2, -0.15) is 0 Å². The number of aryl methyl sites for hydroxylation is 1. The highest BCUT2D eigenvalue weighted by atomic mass is 32.1. The molecule has 1 aromatic heterocycles. The van der Waals surface area contributed by atoms with Gasteiger partial charge >= 0.3 is 0 Å². The van der Waals surface area contributed by atoms with Gasteiger partial charge in [-0.3, -0.25) is 0 Å². The molecule has 0 amide bonds. The minimum atomic E-state index is 0.865. The van der Waals surface area contributed by atoms with E-state index in [9.17, 15) is 0 Å². The Balaban J connectivity index is 2.11.